The molecule has 0 saturated heterocycles. The van der Waals surface area contributed by atoms with Crippen LogP contribution >= 0.6 is 11.3 Å². The summed E-state index contributed by atoms with van der Waals surface area (Å²) < 4.78 is 5.38. The standard InChI is InChI=1S/C12H12N2O3S/c1-2-17-9-5-3-4-8(6-9)13-12-14-10(7-18-12)11(15)16/h3-7H,2H2,1H3,(H,13,14)(H,15,16). The third-order valence-corrected chi connectivity index (χ3v) is 2.88. The number of ether oxygens (including phenoxy) is 1. The van der Waals surface area contributed by atoms with Crippen LogP contribution in [0.4, 0.5) is 10.8 Å². The molecule has 0 aliphatic heterocycles. The van der Waals surface area contributed by atoms with Gasteiger partial charge in [0.05, 0.1) is 6.61 Å². The SMILES string of the molecule is CCOc1cccc(Nc2nc(C(=O)O)cs2)c1. The van der Waals surface area contributed by atoms with E-state index in [1.807, 2.05) is 31.2 Å². The lowest BCUT2D eigenvalue weighted by Gasteiger charge is -2.06. The van der Waals surface area contributed by atoms with Crippen LogP contribution in [0.5, 0.6) is 5.75 Å². The number of thiazole rings is 1. The maximum absolute atomic E-state index is 10.7. The van der Waals surface area contributed by atoms with Gasteiger partial charge in [-0.05, 0) is 19.1 Å². The van der Waals surface area contributed by atoms with Crippen molar-refractivity contribution in [2.24, 2.45) is 0 Å². The summed E-state index contributed by atoms with van der Waals surface area (Å²) in [7, 11) is 0. The molecular weight excluding hydrogens is 252 g/mol. The van der Waals surface area contributed by atoms with Gasteiger partial charge in [-0.3, -0.25) is 0 Å². The van der Waals surface area contributed by atoms with E-state index >= 15 is 0 Å². The van der Waals surface area contributed by atoms with Crippen LogP contribution in [0.15, 0.2) is 29.6 Å². The number of nitrogens with one attached hydrogen (secondary N) is 1. The zero-order valence-corrected chi connectivity index (χ0v) is 10.5. The zero-order valence-electron chi connectivity index (χ0n) is 9.71. The Kier molecular flexibility index (Phi) is 3.78. The van der Waals surface area contributed by atoms with Gasteiger partial charge in [-0.1, -0.05) is 6.07 Å². The van der Waals surface area contributed by atoms with E-state index in [-0.39, 0.29) is 5.69 Å². The molecule has 0 bridgehead atoms. The number of hydrogen-bond donors (Lipinski definition) is 2. The molecule has 5 nitrogen and oxygen atoms in total. The van der Waals surface area contributed by atoms with Gasteiger partial charge in [0.1, 0.15) is 5.75 Å². The van der Waals surface area contributed by atoms with Crippen molar-refractivity contribution in [2.75, 3.05) is 11.9 Å². The minimum absolute atomic E-state index is 0.0449. The maximum Gasteiger partial charge on any atom is 0.355 e. The summed E-state index contributed by atoms with van der Waals surface area (Å²) in [6, 6.07) is 7.42. The average Bonchev–Trinajstić information content (AvgIpc) is 2.78. The number of aromatic carboxylic acids is 1. The Morgan fingerprint density at radius 3 is 3.06 bits per heavy atom. The predicted octanol–water partition coefficient (Wildman–Crippen LogP) is 2.98. The molecule has 0 spiro atoms. The number of nitrogens with zero attached hydrogens (tertiary/aromatic N) is 1. The third kappa shape index (κ3) is 2.98. The van der Waals surface area contributed by atoms with Crippen LogP contribution in [0.2, 0.25) is 0 Å². The number of rotatable bonds is 5. The summed E-state index contributed by atoms with van der Waals surface area (Å²) in [5, 5.41) is 13.9. The Morgan fingerprint density at radius 1 is 1.56 bits per heavy atom. The van der Waals surface area contributed by atoms with Crippen LogP contribution in [0.3, 0.4) is 0 Å². The van der Waals surface area contributed by atoms with Crippen molar-refractivity contribution >= 4 is 28.1 Å². The van der Waals surface area contributed by atoms with Crippen molar-refractivity contribution in [1.82, 2.24) is 4.98 Å². The van der Waals surface area contributed by atoms with E-state index in [4.69, 9.17) is 9.84 Å². The van der Waals surface area contributed by atoms with Gasteiger partial charge in [0.2, 0.25) is 0 Å². The number of carboxylic acid groups (broad SMARTS) is 1. The number of hydrogen-bond acceptors (Lipinski definition) is 5. The molecule has 2 aromatic rings. The predicted molar refractivity (Wildman–Crippen MR) is 70.0 cm³/mol. The topological polar surface area (TPSA) is 71.5 Å². The Morgan fingerprint density at radius 2 is 2.39 bits per heavy atom. The summed E-state index contributed by atoms with van der Waals surface area (Å²) >= 11 is 1.25. The van der Waals surface area contributed by atoms with Crippen molar-refractivity contribution < 1.29 is 14.6 Å². The molecule has 0 saturated carbocycles. The lowest BCUT2D eigenvalue weighted by Crippen LogP contribution is -1.97. The second-order valence-electron chi connectivity index (χ2n) is 3.43. The lowest BCUT2D eigenvalue weighted by molar-refractivity contribution is 0.0691. The number of aromatic nitrogens is 1. The molecule has 0 radical (unpaired) electrons. The van der Waals surface area contributed by atoms with E-state index in [0.717, 1.165) is 11.4 Å². The Balaban J connectivity index is 2.12. The molecule has 2 rings (SSSR count). The Bertz CT molecular complexity index is 554. The minimum Gasteiger partial charge on any atom is -0.494 e. The molecule has 1 aromatic carbocycles. The average molecular weight is 264 g/mol. The van der Waals surface area contributed by atoms with Gasteiger partial charge >= 0.3 is 5.97 Å². The monoisotopic (exact) mass is 264 g/mol. The molecule has 1 aromatic heterocycles. The smallest absolute Gasteiger partial charge is 0.355 e. The summed E-state index contributed by atoms with van der Waals surface area (Å²) in [4.78, 5) is 14.7. The van der Waals surface area contributed by atoms with Crippen LogP contribution in [-0.2, 0) is 0 Å². The van der Waals surface area contributed by atoms with Gasteiger partial charge in [-0.15, -0.1) is 11.3 Å². The molecule has 18 heavy (non-hydrogen) atoms. The molecule has 0 fully saturated rings. The fourth-order valence-corrected chi connectivity index (χ4v) is 2.09. The molecule has 2 N–H and O–H groups in total. The van der Waals surface area contributed by atoms with Crippen LogP contribution in [0.1, 0.15) is 17.4 Å². The van der Waals surface area contributed by atoms with Gasteiger partial charge in [0.15, 0.2) is 10.8 Å². The van der Waals surface area contributed by atoms with E-state index in [0.29, 0.717) is 11.7 Å². The highest BCUT2D eigenvalue weighted by Crippen LogP contribution is 2.23. The summed E-state index contributed by atoms with van der Waals surface area (Å²) in [5.41, 5.74) is 0.857. The Hall–Kier alpha value is -2.08. The molecule has 94 valence electrons. The molecule has 0 amide bonds. The summed E-state index contributed by atoms with van der Waals surface area (Å²) in [6.07, 6.45) is 0. The maximum atomic E-state index is 10.7. The fraction of sp³-hybridized carbons (Fsp3) is 0.167. The van der Waals surface area contributed by atoms with Crippen LogP contribution in [0, 0.1) is 0 Å². The summed E-state index contributed by atoms with van der Waals surface area (Å²) in [6.45, 7) is 2.52. The highest BCUT2D eigenvalue weighted by Gasteiger charge is 2.08. The van der Waals surface area contributed by atoms with E-state index in [2.05, 4.69) is 10.3 Å². The van der Waals surface area contributed by atoms with Crippen LogP contribution in [0.25, 0.3) is 0 Å². The van der Waals surface area contributed by atoms with Gasteiger partial charge in [0, 0.05) is 17.1 Å². The minimum atomic E-state index is -1.03. The number of anilines is 2. The van der Waals surface area contributed by atoms with Gasteiger partial charge in [-0.25, -0.2) is 9.78 Å². The van der Waals surface area contributed by atoms with E-state index in [1.165, 1.54) is 16.7 Å². The highest BCUT2D eigenvalue weighted by atomic mass is 32.1. The number of carbonyl (C=O) groups is 1. The number of carboxylic acids is 1. The molecule has 6 heteroatoms. The van der Waals surface area contributed by atoms with E-state index < -0.39 is 5.97 Å². The first-order chi connectivity index (χ1) is 8.69. The van der Waals surface area contributed by atoms with Gasteiger partial charge in [0.25, 0.3) is 0 Å². The van der Waals surface area contributed by atoms with Crippen LogP contribution < -0.4 is 10.1 Å². The Labute approximate surface area is 108 Å². The highest BCUT2D eigenvalue weighted by molar-refractivity contribution is 7.14. The second kappa shape index (κ2) is 5.50. The second-order valence-corrected chi connectivity index (χ2v) is 4.29. The first-order valence-electron chi connectivity index (χ1n) is 5.37. The number of benzene rings is 1. The van der Waals surface area contributed by atoms with Crippen molar-refractivity contribution in [2.45, 2.75) is 6.92 Å². The first kappa shape index (κ1) is 12.4. The molecule has 0 aliphatic rings. The van der Waals surface area contributed by atoms with E-state index in [9.17, 15) is 4.79 Å². The van der Waals surface area contributed by atoms with Crippen molar-refractivity contribution in [3.05, 3.63) is 35.3 Å². The fourth-order valence-electron chi connectivity index (χ4n) is 1.38. The quantitative estimate of drug-likeness (QED) is 0.868. The summed E-state index contributed by atoms with van der Waals surface area (Å²) in [5.74, 6) is -0.264. The van der Waals surface area contributed by atoms with Crippen molar-refractivity contribution in [3.8, 4) is 5.75 Å². The molecule has 0 atom stereocenters. The van der Waals surface area contributed by atoms with Gasteiger partial charge < -0.3 is 15.2 Å². The van der Waals surface area contributed by atoms with E-state index in [1.54, 1.807) is 0 Å². The largest absolute Gasteiger partial charge is 0.494 e. The zero-order chi connectivity index (χ0) is 13.0. The normalized spacial score (nSPS) is 10.1. The van der Waals surface area contributed by atoms with Crippen molar-refractivity contribution in [3.63, 3.8) is 0 Å². The molecule has 0 unspecified atom stereocenters. The van der Waals surface area contributed by atoms with Crippen LogP contribution in [-0.4, -0.2) is 22.7 Å². The van der Waals surface area contributed by atoms with Gasteiger partial charge in [-0.2, -0.15) is 0 Å². The van der Waals surface area contributed by atoms with Crippen molar-refractivity contribution in [1.29, 1.82) is 0 Å². The molecule has 1 heterocycles. The third-order valence-electron chi connectivity index (χ3n) is 2.12. The lowest BCUT2D eigenvalue weighted by atomic mass is 10.3. The molecule has 0 aliphatic carbocycles. The first-order valence-corrected chi connectivity index (χ1v) is 6.25. The molecular formula is C12H12N2O3S.